The first-order valence-corrected chi connectivity index (χ1v) is 5.83. The first-order chi connectivity index (χ1) is 8.38. The second kappa shape index (κ2) is 6.29. The van der Waals surface area contributed by atoms with E-state index in [9.17, 15) is 13.2 Å². The minimum Gasteiger partial charge on any atom is -0.488 e. The maximum absolute atomic E-state index is 12.8. The fourth-order valence-electron chi connectivity index (χ4n) is 1.47. The van der Waals surface area contributed by atoms with Crippen LogP contribution in [0.5, 0.6) is 5.75 Å². The average Bonchev–Trinajstić information content (AvgIpc) is 2.28. The number of alkyl halides is 4. The Balaban J connectivity index is 3.03. The largest absolute Gasteiger partial charge is 0.488 e. The first kappa shape index (κ1) is 15.1. The molecule has 0 amide bonds. The molecule has 0 fully saturated rings. The van der Waals surface area contributed by atoms with Crippen molar-refractivity contribution in [3.8, 4) is 5.75 Å². The summed E-state index contributed by atoms with van der Waals surface area (Å²) in [5.74, 6) is -0.183. The Kier molecular flexibility index (Phi) is 5.28. The van der Waals surface area contributed by atoms with E-state index >= 15 is 0 Å². The van der Waals surface area contributed by atoms with Gasteiger partial charge in [-0.05, 0) is 24.6 Å². The molecular formula is C12H14ClF3O2. The summed E-state index contributed by atoms with van der Waals surface area (Å²) in [6.07, 6.45) is -4.93. The molecule has 0 aliphatic heterocycles. The third kappa shape index (κ3) is 4.07. The Morgan fingerprint density at radius 2 is 2.00 bits per heavy atom. The molecule has 1 atom stereocenters. The summed E-state index contributed by atoms with van der Waals surface area (Å²) >= 11 is 5.53. The van der Waals surface area contributed by atoms with Gasteiger partial charge in [-0.1, -0.05) is 6.07 Å². The molecule has 0 aliphatic carbocycles. The van der Waals surface area contributed by atoms with Crippen molar-refractivity contribution in [2.45, 2.75) is 25.1 Å². The number of hydrogen-bond acceptors (Lipinski definition) is 2. The highest BCUT2D eigenvalue weighted by atomic mass is 35.5. The SMILES string of the molecule is COCC(C)Oc1ccc(CCl)cc1C(F)(F)F. The van der Waals surface area contributed by atoms with Gasteiger partial charge >= 0.3 is 6.18 Å². The Hall–Kier alpha value is -0.940. The molecule has 1 aromatic rings. The van der Waals surface area contributed by atoms with Crippen molar-refractivity contribution in [3.63, 3.8) is 0 Å². The summed E-state index contributed by atoms with van der Waals surface area (Å²) in [4.78, 5) is 0. The van der Waals surface area contributed by atoms with Crippen LogP contribution >= 0.6 is 11.6 Å². The average molecular weight is 283 g/mol. The fraction of sp³-hybridized carbons (Fsp3) is 0.500. The summed E-state index contributed by atoms with van der Waals surface area (Å²) in [6.45, 7) is 1.85. The van der Waals surface area contributed by atoms with Gasteiger partial charge in [0.1, 0.15) is 11.9 Å². The molecule has 0 N–H and O–H groups in total. The number of benzene rings is 1. The minimum absolute atomic E-state index is 0.0248. The standard InChI is InChI=1S/C12H14ClF3O2/c1-8(7-17-2)18-11-4-3-9(6-13)5-10(11)12(14,15)16/h3-5,8H,6-7H2,1-2H3. The molecule has 0 spiro atoms. The van der Waals surface area contributed by atoms with E-state index in [0.717, 1.165) is 6.07 Å². The topological polar surface area (TPSA) is 18.5 Å². The molecule has 1 rings (SSSR count). The molecule has 0 saturated carbocycles. The summed E-state index contributed by atoms with van der Waals surface area (Å²) in [5.41, 5.74) is -0.417. The summed E-state index contributed by atoms with van der Waals surface area (Å²) in [5, 5.41) is 0. The van der Waals surface area contributed by atoms with Gasteiger partial charge in [-0.3, -0.25) is 0 Å². The predicted octanol–water partition coefficient (Wildman–Crippen LogP) is 3.86. The number of hydrogen-bond donors (Lipinski definition) is 0. The van der Waals surface area contributed by atoms with E-state index in [4.69, 9.17) is 21.1 Å². The molecule has 0 aliphatic rings. The van der Waals surface area contributed by atoms with E-state index in [-0.39, 0.29) is 18.2 Å². The van der Waals surface area contributed by atoms with E-state index in [1.165, 1.54) is 19.2 Å². The van der Waals surface area contributed by atoms with Crippen molar-refractivity contribution in [3.05, 3.63) is 29.3 Å². The van der Waals surface area contributed by atoms with Crippen LogP contribution in [-0.4, -0.2) is 19.8 Å². The zero-order chi connectivity index (χ0) is 13.8. The zero-order valence-corrected chi connectivity index (χ0v) is 10.8. The third-order valence-corrected chi connectivity index (χ3v) is 2.54. The first-order valence-electron chi connectivity index (χ1n) is 5.30. The Morgan fingerprint density at radius 3 is 2.50 bits per heavy atom. The van der Waals surface area contributed by atoms with Gasteiger partial charge in [0.25, 0.3) is 0 Å². The molecule has 6 heteroatoms. The highest BCUT2D eigenvalue weighted by Crippen LogP contribution is 2.37. The molecule has 18 heavy (non-hydrogen) atoms. The zero-order valence-electron chi connectivity index (χ0n) is 10.1. The van der Waals surface area contributed by atoms with Crippen LogP contribution in [0.25, 0.3) is 0 Å². The van der Waals surface area contributed by atoms with Gasteiger partial charge in [0, 0.05) is 13.0 Å². The predicted molar refractivity (Wildman–Crippen MR) is 63.0 cm³/mol. The Bertz CT molecular complexity index is 393. The van der Waals surface area contributed by atoms with Crippen LogP contribution in [0.2, 0.25) is 0 Å². The lowest BCUT2D eigenvalue weighted by Gasteiger charge is -2.18. The maximum Gasteiger partial charge on any atom is 0.419 e. The minimum atomic E-state index is -4.47. The van der Waals surface area contributed by atoms with Crippen molar-refractivity contribution in [1.29, 1.82) is 0 Å². The summed E-state index contributed by atoms with van der Waals surface area (Å²) < 4.78 is 48.6. The summed E-state index contributed by atoms with van der Waals surface area (Å²) in [6, 6.07) is 3.80. The molecule has 1 aromatic carbocycles. The number of methoxy groups -OCH3 is 1. The van der Waals surface area contributed by atoms with E-state index in [1.807, 2.05) is 0 Å². The number of halogens is 4. The van der Waals surface area contributed by atoms with Crippen LogP contribution in [0, 0.1) is 0 Å². The lowest BCUT2D eigenvalue weighted by atomic mass is 10.1. The van der Waals surface area contributed by atoms with Gasteiger partial charge in [0.05, 0.1) is 12.2 Å². The Morgan fingerprint density at radius 1 is 1.33 bits per heavy atom. The van der Waals surface area contributed by atoms with Crippen molar-refractivity contribution >= 4 is 11.6 Å². The summed E-state index contributed by atoms with van der Waals surface area (Å²) in [7, 11) is 1.46. The maximum atomic E-state index is 12.8. The second-order valence-electron chi connectivity index (χ2n) is 3.85. The molecule has 0 aromatic heterocycles. The third-order valence-electron chi connectivity index (χ3n) is 2.23. The van der Waals surface area contributed by atoms with Gasteiger partial charge in [-0.25, -0.2) is 0 Å². The van der Waals surface area contributed by atoms with E-state index < -0.39 is 17.8 Å². The van der Waals surface area contributed by atoms with Gasteiger partial charge in [-0.2, -0.15) is 13.2 Å². The van der Waals surface area contributed by atoms with Crippen LogP contribution < -0.4 is 4.74 Å². The lowest BCUT2D eigenvalue weighted by Crippen LogP contribution is -2.20. The van der Waals surface area contributed by atoms with Crippen LogP contribution in [0.3, 0.4) is 0 Å². The van der Waals surface area contributed by atoms with Crippen LogP contribution in [0.4, 0.5) is 13.2 Å². The fourth-order valence-corrected chi connectivity index (χ4v) is 1.64. The molecule has 0 radical (unpaired) electrons. The van der Waals surface area contributed by atoms with Crippen molar-refractivity contribution in [1.82, 2.24) is 0 Å². The van der Waals surface area contributed by atoms with E-state index in [2.05, 4.69) is 0 Å². The van der Waals surface area contributed by atoms with Crippen LogP contribution in [0.1, 0.15) is 18.1 Å². The number of rotatable bonds is 5. The quantitative estimate of drug-likeness (QED) is 0.764. The molecule has 0 heterocycles. The molecular weight excluding hydrogens is 269 g/mol. The Labute approximate surface area is 109 Å². The van der Waals surface area contributed by atoms with Crippen molar-refractivity contribution < 1.29 is 22.6 Å². The van der Waals surface area contributed by atoms with Crippen LogP contribution in [0.15, 0.2) is 18.2 Å². The lowest BCUT2D eigenvalue weighted by molar-refractivity contribution is -0.139. The van der Waals surface area contributed by atoms with Crippen molar-refractivity contribution in [2.75, 3.05) is 13.7 Å². The van der Waals surface area contributed by atoms with Gasteiger partial charge in [0.15, 0.2) is 0 Å². The van der Waals surface area contributed by atoms with E-state index in [0.29, 0.717) is 5.56 Å². The molecule has 102 valence electrons. The normalized spacial score (nSPS) is 13.4. The number of ether oxygens (including phenoxy) is 2. The second-order valence-corrected chi connectivity index (χ2v) is 4.11. The van der Waals surface area contributed by atoms with Gasteiger partial charge < -0.3 is 9.47 Å². The van der Waals surface area contributed by atoms with E-state index in [1.54, 1.807) is 6.92 Å². The smallest absolute Gasteiger partial charge is 0.419 e. The monoisotopic (exact) mass is 282 g/mol. The molecule has 0 bridgehead atoms. The van der Waals surface area contributed by atoms with Crippen LogP contribution in [-0.2, 0) is 16.8 Å². The highest BCUT2D eigenvalue weighted by Gasteiger charge is 2.35. The van der Waals surface area contributed by atoms with Gasteiger partial charge in [0.2, 0.25) is 0 Å². The molecule has 0 saturated heterocycles. The van der Waals surface area contributed by atoms with Crippen molar-refractivity contribution in [2.24, 2.45) is 0 Å². The highest BCUT2D eigenvalue weighted by molar-refractivity contribution is 6.17. The van der Waals surface area contributed by atoms with Gasteiger partial charge in [-0.15, -0.1) is 11.6 Å². The molecule has 1 unspecified atom stereocenters. The molecule has 2 nitrogen and oxygen atoms in total.